The minimum absolute atomic E-state index is 0.333. The number of thioether (sulfide) groups is 1. The number of carbonyl (C=O) groups is 1. The van der Waals surface area contributed by atoms with Gasteiger partial charge in [0.2, 0.25) is 0 Å². The molecule has 0 radical (unpaired) electrons. The zero-order chi connectivity index (χ0) is 12.4. The van der Waals surface area contributed by atoms with E-state index in [9.17, 15) is 4.79 Å². The van der Waals surface area contributed by atoms with Crippen molar-refractivity contribution in [2.24, 2.45) is 0 Å². The van der Waals surface area contributed by atoms with Crippen LogP contribution in [0.5, 0.6) is 0 Å². The molecule has 0 aliphatic heterocycles. The van der Waals surface area contributed by atoms with Gasteiger partial charge in [-0.3, -0.25) is 0 Å². The Balaban J connectivity index is 2.27. The molecule has 1 heterocycles. The van der Waals surface area contributed by atoms with Gasteiger partial charge in [0.15, 0.2) is 0 Å². The lowest BCUT2D eigenvalue weighted by molar-refractivity contribution is 0.0697. The number of aromatic amines is 1. The zero-order valence-electron chi connectivity index (χ0n) is 9.86. The molecule has 0 fully saturated rings. The quantitative estimate of drug-likeness (QED) is 0.871. The van der Waals surface area contributed by atoms with Gasteiger partial charge in [-0.1, -0.05) is 13.8 Å². The number of benzene rings is 1. The van der Waals surface area contributed by atoms with Crippen LogP contribution < -0.4 is 0 Å². The van der Waals surface area contributed by atoms with Crippen LogP contribution in [0.25, 0.3) is 10.9 Å². The Hall–Kier alpha value is -1.42. The molecular weight excluding hydrogens is 234 g/mol. The normalized spacial score (nSPS) is 11.2. The van der Waals surface area contributed by atoms with E-state index in [0.29, 0.717) is 10.8 Å². The van der Waals surface area contributed by atoms with Gasteiger partial charge in [-0.25, -0.2) is 4.79 Å². The number of carboxylic acid groups (broad SMARTS) is 1. The number of hydrogen-bond donors (Lipinski definition) is 2. The molecule has 0 unspecified atom stereocenters. The van der Waals surface area contributed by atoms with E-state index < -0.39 is 5.97 Å². The Morgan fingerprint density at radius 1 is 1.41 bits per heavy atom. The lowest BCUT2D eigenvalue weighted by atomic mass is 10.1. The first-order valence-electron chi connectivity index (χ1n) is 5.53. The number of rotatable bonds is 4. The van der Waals surface area contributed by atoms with E-state index >= 15 is 0 Å². The molecule has 0 aliphatic rings. The van der Waals surface area contributed by atoms with E-state index in [2.05, 4.69) is 18.8 Å². The average Bonchev–Trinajstić information content (AvgIpc) is 2.67. The van der Waals surface area contributed by atoms with Gasteiger partial charge in [0.25, 0.3) is 0 Å². The lowest BCUT2D eigenvalue weighted by Gasteiger charge is -2.01. The minimum atomic E-state index is -0.883. The van der Waals surface area contributed by atoms with Crippen molar-refractivity contribution in [3.8, 4) is 0 Å². The summed E-state index contributed by atoms with van der Waals surface area (Å²) in [6.07, 6.45) is 0. The van der Waals surface area contributed by atoms with Gasteiger partial charge < -0.3 is 10.1 Å². The lowest BCUT2D eigenvalue weighted by Crippen LogP contribution is -1.94. The number of aromatic carboxylic acids is 1. The molecule has 0 saturated carbocycles. The summed E-state index contributed by atoms with van der Waals surface area (Å²) in [5.41, 5.74) is 2.47. The highest BCUT2D eigenvalue weighted by molar-refractivity contribution is 7.99. The SMILES string of the molecule is CC(C)SCc1cc2cc(C(=O)O)ccc2[nH]1. The van der Waals surface area contributed by atoms with Crippen LogP contribution >= 0.6 is 11.8 Å². The number of aromatic nitrogens is 1. The average molecular weight is 249 g/mol. The Labute approximate surface area is 104 Å². The van der Waals surface area contributed by atoms with Crippen molar-refractivity contribution in [3.63, 3.8) is 0 Å². The number of hydrogen-bond acceptors (Lipinski definition) is 2. The fourth-order valence-electron chi connectivity index (χ4n) is 1.66. The molecule has 4 heteroatoms. The van der Waals surface area contributed by atoms with Crippen LogP contribution in [-0.2, 0) is 5.75 Å². The largest absolute Gasteiger partial charge is 0.478 e. The van der Waals surface area contributed by atoms with Crippen molar-refractivity contribution >= 4 is 28.6 Å². The number of nitrogens with one attached hydrogen (secondary N) is 1. The van der Waals surface area contributed by atoms with E-state index in [1.54, 1.807) is 12.1 Å². The predicted molar refractivity (Wildman–Crippen MR) is 71.7 cm³/mol. The molecular formula is C13H15NO2S. The number of carboxylic acids is 1. The summed E-state index contributed by atoms with van der Waals surface area (Å²) < 4.78 is 0. The molecule has 1 aromatic heterocycles. The first kappa shape index (κ1) is 12.0. The van der Waals surface area contributed by atoms with Gasteiger partial charge in [-0.2, -0.15) is 11.8 Å². The first-order valence-corrected chi connectivity index (χ1v) is 6.57. The van der Waals surface area contributed by atoms with Crippen molar-refractivity contribution in [2.75, 3.05) is 0 Å². The summed E-state index contributed by atoms with van der Waals surface area (Å²) in [7, 11) is 0. The zero-order valence-corrected chi connectivity index (χ0v) is 10.7. The standard InChI is InChI=1S/C13H15NO2S/c1-8(2)17-7-11-6-10-5-9(13(15)16)3-4-12(10)14-11/h3-6,8,14H,7H2,1-2H3,(H,15,16). The molecule has 0 atom stereocenters. The van der Waals surface area contributed by atoms with E-state index in [4.69, 9.17) is 5.11 Å². The fraction of sp³-hybridized carbons (Fsp3) is 0.308. The van der Waals surface area contributed by atoms with Crippen molar-refractivity contribution in [2.45, 2.75) is 24.9 Å². The number of H-pyrrole nitrogens is 1. The molecule has 1 aromatic carbocycles. The Morgan fingerprint density at radius 3 is 2.82 bits per heavy atom. The maximum atomic E-state index is 10.9. The maximum absolute atomic E-state index is 10.9. The van der Waals surface area contributed by atoms with Gasteiger partial charge in [0, 0.05) is 22.3 Å². The predicted octanol–water partition coefficient (Wildman–Crippen LogP) is 3.51. The van der Waals surface area contributed by atoms with Gasteiger partial charge in [0.1, 0.15) is 0 Å². The minimum Gasteiger partial charge on any atom is -0.478 e. The van der Waals surface area contributed by atoms with E-state index in [1.807, 2.05) is 23.9 Å². The molecule has 17 heavy (non-hydrogen) atoms. The molecule has 0 bridgehead atoms. The number of fused-ring (bicyclic) bond motifs is 1. The molecule has 2 aromatic rings. The van der Waals surface area contributed by atoms with Crippen LogP contribution in [0.1, 0.15) is 29.9 Å². The van der Waals surface area contributed by atoms with Gasteiger partial charge in [0.05, 0.1) is 5.56 Å². The molecule has 2 N–H and O–H groups in total. The Kier molecular flexibility index (Phi) is 3.43. The summed E-state index contributed by atoms with van der Waals surface area (Å²) in [5.74, 6) is 0.0422. The van der Waals surface area contributed by atoms with Crippen LogP contribution in [0.15, 0.2) is 24.3 Å². The fourth-order valence-corrected chi connectivity index (χ4v) is 2.33. The molecule has 3 nitrogen and oxygen atoms in total. The van der Waals surface area contributed by atoms with E-state index in [-0.39, 0.29) is 0 Å². The maximum Gasteiger partial charge on any atom is 0.335 e. The highest BCUT2D eigenvalue weighted by Gasteiger charge is 2.06. The molecule has 0 saturated heterocycles. The summed E-state index contributed by atoms with van der Waals surface area (Å²) in [6, 6.07) is 7.18. The summed E-state index contributed by atoms with van der Waals surface area (Å²) in [4.78, 5) is 14.2. The summed E-state index contributed by atoms with van der Waals surface area (Å²) in [6.45, 7) is 4.33. The topological polar surface area (TPSA) is 53.1 Å². The Morgan fingerprint density at radius 2 is 2.18 bits per heavy atom. The van der Waals surface area contributed by atoms with E-state index in [1.165, 1.54) is 0 Å². The van der Waals surface area contributed by atoms with Crippen molar-refractivity contribution in [3.05, 3.63) is 35.5 Å². The third-order valence-electron chi connectivity index (χ3n) is 2.50. The second-order valence-electron chi connectivity index (χ2n) is 4.26. The van der Waals surface area contributed by atoms with Crippen LogP contribution in [0.3, 0.4) is 0 Å². The van der Waals surface area contributed by atoms with Crippen LogP contribution in [0.4, 0.5) is 0 Å². The van der Waals surface area contributed by atoms with Crippen molar-refractivity contribution in [1.29, 1.82) is 0 Å². The molecule has 2 rings (SSSR count). The molecule has 0 aliphatic carbocycles. The van der Waals surface area contributed by atoms with Crippen LogP contribution in [-0.4, -0.2) is 21.3 Å². The third kappa shape index (κ3) is 2.82. The molecule has 0 amide bonds. The van der Waals surface area contributed by atoms with Gasteiger partial charge in [-0.15, -0.1) is 0 Å². The highest BCUT2D eigenvalue weighted by Crippen LogP contribution is 2.22. The Bertz CT molecular complexity index is 545. The van der Waals surface area contributed by atoms with Crippen molar-refractivity contribution < 1.29 is 9.90 Å². The molecule has 90 valence electrons. The summed E-state index contributed by atoms with van der Waals surface area (Å²) in [5, 5.41) is 10.5. The van der Waals surface area contributed by atoms with Gasteiger partial charge >= 0.3 is 5.97 Å². The third-order valence-corrected chi connectivity index (χ3v) is 3.64. The van der Waals surface area contributed by atoms with Crippen LogP contribution in [0.2, 0.25) is 0 Å². The van der Waals surface area contributed by atoms with Gasteiger partial charge in [-0.05, 0) is 29.5 Å². The molecule has 0 spiro atoms. The second-order valence-corrected chi connectivity index (χ2v) is 5.83. The second kappa shape index (κ2) is 4.84. The smallest absolute Gasteiger partial charge is 0.335 e. The van der Waals surface area contributed by atoms with Crippen molar-refractivity contribution in [1.82, 2.24) is 4.98 Å². The van der Waals surface area contributed by atoms with Crippen LogP contribution in [0, 0.1) is 0 Å². The highest BCUT2D eigenvalue weighted by atomic mass is 32.2. The van der Waals surface area contributed by atoms with E-state index in [0.717, 1.165) is 22.3 Å². The monoisotopic (exact) mass is 249 g/mol. The first-order chi connectivity index (χ1) is 8.06. The summed E-state index contributed by atoms with van der Waals surface area (Å²) >= 11 is 1.86.